The third kappa shape index (κ3) is 3.83. The maximum atomic E-state index is 12.3. The zero-order valence-corrected chi connectivity index (χ0v) is 14.0. The number of esters is 1. The van der Waals surface area contributed by atoms with Gasteiger partial charge >= 0.3 is 5.97 Å². The van der Waals surface area contributed by atoms with Crippen LogP contribution in [0.4, 0.5) is 0 Å². The molecule has 1 heterocycles. The Morgan fingerprint density at radius 1 is 1.27 bits per heavy atom. The highest BCUT2D eigenvalue weighted by Crippen LogP contribution is 2.41. The van der Waals surface area contributed by atoms with Gasteiger partial charge in [-0.3, -0.25) is 4.79 Å². The van der Waals surface area contributed by atoms with Gasteiger partial charge in [-0.05, 0) is 12.0 Å². The number of carbonyl (C=O) groups is 2. The summed E-state index contributed by atoms with van der Waals surface area (Å²) in [6.07, 6.45) is 2.23. The minimum atomic E-state index is -0.473. The van der Waals surface area contributed by atoms with Crippen molar-refractivity contribution in [2.45, 2.75) is 44.5 Å². The van der Waals surface area contributed by atoms with Gasteiger partial charge in [0, 0.05) is 12.2 Å². The topological polar surface area (TPSA) is 46.6 Å². The molecule has 0 bridgehead atoms. The van der Waals surface area contributed by atoms with Crippen LogP contribution in [0.1, 0.15) is 44.0 Å². The summed E-state index contributed by atoms with van der Waals surface area (Å²) in [6.45, 7) is 4.31. The van der Waals surface area contributed by atoms with Gasteiger partial charge in [-0.15, -0.1) is 11.8 Å². The fourth-order valence-corrected chi connectivity index (χ4v) is 3.90. The molecule has 4 nitrogen and oxygen atoms in total. The van der Waals surface area contributed by atoms with Crippen LogP contribution >= 0.6 is 11.8 Å². The lowest BCUT2D eigenvalue weighted by atomic mass is 10.1. The van der Waals surface area contributed by atoms with Crippen LogP contribution in [-0.2, 0) is 14.3 Å². The molecule has 0 radical (unpaired) electrons. The molecule has 5 heteroatoms. The molecular formula is C17H23NO3S. The highest BCUT2D eigenvalue weighted by Gasteiger charge is 2.42. The third-order valence-electron chi connectivity index (χ3n) is 3.69. The van der Waals surface area contributed by atoms with Gasteiger partial charge < -0.3 is 9.64 Å². The van der Waals surface area contributed by atoms with E-state index in [-0.39, 0.29) is 17.3 Å². The Bertz CT molecular complexity index is 506. The molecule has 1 aromatic carbocycles. The monoisotopic (exact) mass is 321 g/mol. The SMILES string of the molecule is CCCCOC(=O)C1CSC(c2ccccc2)N1C(=O)CC. The number of rotatable bonds is 6. The third-order valence-corrected chi connectivity index (χ3v) is 5.01. The summed E-state index contributed by atoms with van der Waals surface area (Å²) in [7, 11) is 0. The number of benzene rings is 1. The van der Waals surface area contributed by atoms with Gasteiger partial charge in [0.15, 0.2) is 0 Å². The van der Waals surface area contributed by atoms with Crippen molar-refractivity contribution in [3.8, 4) is 0 Å². The molecule has 1 aliphatic rings. The van der Waals surface area contributed by atoms with Crippen molar-refractivity contribution in [3.05, 3.63) is 35.9 Å². The van der Waals surface area contributed by atoms with Crippen LogP contribution in [0.25, 0.3) is 0 Å². The molecule has 22 heavy (non-hydrogen) atoms. The average molecular weight is 321 g/mol. The van der Waals surface area contributed by atoms with E-state index in [0.717, 1.165) is 18.4 Å². The van der Waals surface area contributed by atoms with Crippen LogP contribution in [0.2, 0.25) is 0 Å². The number of ether oxygens (including phenoxy) is 1. The van der Waals surface area contributed by atoms with E-state index in [9.17, 15) is 9.59 Å². The zero-order chi connectivity index (χ0) is 15.9. The summed E-state index contributed by atoms with van der Waals surface area (Å²) in [5.41, 5.74) is 1.05. The van der Waals surface area contributed by atoms with Gasteiger partial charge in [0.25, 0.3) is 0 Å². The summed E-state index contributed by atoms with van der Waals surface area (Å²) < 4.78 is 5.33. The minimum Gasteiger partial charge on any atom is -0.464 e. The Kier molecular flexibility index (Phi) is 6.31. The Labute approximate surface area is 136 Å². The average Bonchev–Trinajstić information content (AvgIpc) is 3.00. The van der Waals surface area contributed by atoms with Crippen molar-refractivity contribution in [3.63, 3.8) is 0 Å². The van der Waals surface area contributed by atoms with Gasteiger partial charge in [-0.25, -0.2) is 4.79 Å². The summed E-state index contributed by atoms with van der Waals surface area (Å²) in [5, 5.41) is -0.0997. The van der Waals surface area contributed by atoms with Crippen LogP contribution in [0, 0.1) is 0 Å². The summed E-state index contributed by atoms with van der Waals surface area (Å²) in [5.74, 6) is 0.313. The number of hydrogen-bond acceptors (Lipinski definition) is 4. The molecule has 1 fully saturated rings. The Morgan fingerprint density at radius 3 is 2.64 bits per heavy atom. The maximum Gasteiger partial charge on any atom is 0.329 e. The van der Waals surface area contributed by atoms with Gasteiger partial charge in [0.1, 0.15) is 11.4 Å². The second kappa shape index (κ2) is 8.22. The smallest absolute Gasteiger partial charge is 0.329 e. The molecule has 120 valence electrons. The van der Waals surface area contributed by atoms with E-state index < -0.39 is 6.04 Å². The number of nitrogens with zero attached hydrogens (tertiary/aromatic N) is 1. The molecule has 1 saturated heterocycles. The lowest BCUT2D eigenvalue weighted by molar-refractivity contribution is -0.154. The minimum absolute atomic E-state index is 0.00343. The fraction of sp³-hybridized carbons (Fsp3) is 0.529. The Hall–Kier alpha value is -1.49. The molecule has 0 spiro atoms. The first-order valence-electron chi connectivity index (χ1n) is 7.83. The molecule has 1 aliphatic heterocycles. The molecule has 1 aromatic rings. The number of amides is 1. The first kappa shape index (κ1) is 16.9. The van der Waals surface area contributed by atoms with E-state index in [1.807, 2.05) is 37.3 Å². The van der Waals surface area contributed by atoms with Crippen LogP contribution in [-0.4, -0.2) is 35.2 Å². The Morgan fingerprint density at radius 2 is 2.00 bits per heavy atom. The van der Waals surface area contributed by atoms with Crippen molar-refractivity contribution in [1.29, 1.82) is 0 Å². The molecule has 0 saturated carbocycles. The van der Waals surface area contributed by atoms with Gasteiger partial charge in [0.2, 0.25) is 5.91 Å². The summed E-state index contributed by atoms with van der Waals surface area (Å²) in [4.78, 5) is 26.3. The quantitative estimate of drug-likeness (QED) is 0.595. The van der Waals surface area contributed by atoms with E-state index in [4.69, 9.17) is 4.74 Å². The number of unbranched alkanes of at least 4 members (excludes halogenated alkanes) is 1. The lowest BCUT2D eigenvalue weighted by Gasteiger charge is -2.28. The highest BCUT2D eigenvalue weighted by molar-refractivity contribution is 7.99. The van der Waals surface area contributed by atoms with E-state index in [1.54, 1.807) is 16.7 Å². The van der Waals surface area contributed by atoms with Crippen molar-refractivity contribution < 1.29 is 14.3 Å². The molecule has 2 atom stereocenters. The highest BCUT2D eigenvalue weighted by atomic mass is 32.2. The molecule has 0 aliphatic carbocycles. The molecule has 2 rings (SSSR count). The zero-order valence-electron chi connectivity index (χ0n) is 13.2. The van der Waals surface area contributed by atoms with Gasteiger partial charge in [-0.1, -0.05) is 50.6 Å². The molecule has 1 amide bonds. The van der Waals surface area contributed by atoms with E-state index in [0.29, 0.717) is 18.8 Å². The number of thioether (sulfide) groups is 1. The predicted molar refractivity (Wildman–Crippen MR) is 88.4 cm³/mol. The van der Waals surface area contributed by atoms with Crippen LogP contribution < -0.4 is 0 Å². The van der Waals surface area contributed by atoms with Crippen molar-refractivity contribution in [1.82, 2.24) is 4.90 Å². The molecule has 0 N–H and O–H groups in total. The first-order valence-corrected chi connectivity index (χ1v) is 8.88. The largest absolute Gasteiger partial charge is 0.464 e. The first-order chi connectivity index (χ1) is 10.7. The standard InChI is InChI=1S/C17H23NO3S/c1-3-5-11-21-17(20)14-12-22-16(18(14)15(19)4-2)13-9-7-6-8-10-13/h6-10,14,16H,3-5,11-12H2,1-2H3. The van der Waals surface area contributed by atoms with Crippen molar-refractivity contribution in [2.75, 3.05) is 12.4 Å². The van der Waals surface area contributed by atoms with Gasteiger partial charge in [0.05, 0.1) is 6.61 Å². The summed E-state index contributed by atoms with van der Waals surface area (Å²) >= 11 is 1.63. The molecular weight excluding hydrogens is 298 g/mol. The number of hydrogen-bond donors (Lipinski definition) is 0. The second-order valence-corrected chi connectivity index (χ2v) is 6.40. The van der Waals surface area contributed by atoms with Crippen LogP contribution in [0.5, 0.6) is 0 Å². The normalized spacial score (nSPS) is 20.9. The number of carbonyl (C=O) groups excluding carboxylic acids is 2. The van der Waals surface area contributed by atoms with E-state index in [1.165, 1.54) is 0 Å². The predicted octanol–water partition coefficient (Wildman–Crippen LogP) is 3.38. The molecule has 0 aromatic heterocycles. The van der Waals surface area contributed by atoms with Crippen LogP contribution in [0.15, 0.2) is 30.3 Å². The van der Waals surface area contributed by atoms with Crippen molar-refractivity contribution in [2.24, 2.45) is 0 Å². The Balaban J connectivity index is 2.14. The second-order valence-electron chi connectivity index (χ2n) is 5.29. The van der Waals surface area contributed by atoms with E-state index >= 15 is 0 Å². The van der Waals surface area contributed by atoms with Crippen molar-refractivity contribution >= 4 is 23.6 Å². The maximum absolute atomic E-state index is 12.3. The van der Waals surface area contributed by atoms with Gasteiger partial charge in [-0.2, -0.15) is 0 Å². The fourth-order valence-electron chi connectivity index (χ4n) is 2.46. The van der Waals surface area contributed by atoms with E-state index in [2.05, 4.69) is 6.92 Å². The molecule has 2 unspecified atom stereocenters. The summed E-state index contributed by atoms with van der Waals surface area (Å²) in [6, 6.07) is 9.39. The lowest BCUT2D eigenvalue weighted by Crippen LogP contribution is -2.43. The van der Waals surface area contributed by atoms with Crippen LogP contribution in [0.3, 0.4) is 0 Å².